The summed E-state index contributed by atoms with van der Waals surface area (Å²) in [5.41, 5.74) is 1.13. The quantitative estimate of drug-likeness (QED) is 0.728. The lowest BCUT2D eigenvalue weighted by Crippen LogP contribution is -1.91. The molecule has 76 valence electrons. The topological polar surface area (TPSA) is 37.3 Å². The van der Waals surface area contributed by atoms with E-state index in [1.165, 1.54) is 0 Å². The van der Waals surface area contributed by atoms with Crippen LogP contribution in [0.5, 0.6) is 5.75 Å². The number of phenolic OH excluding ortho intramolecular Hbond substituents is 1. The van der Waals surface area contributed by atoms with E-state index < -0.39 is 0 Å². The standard InChI is InChI=1S/C12H16O2/c1-10(13)5-2-3-6-11-7-4-8-12(14)9-11/h4,7-9,14H,2-3,5-6H2,1H3. The molecule has 14 heavy (non-hydrogen) atoms. The van der Waals surface area contributed by atoms with Crippen molar-refractivity contribution in [1.82, 2.24) is 0 Å². The average Bonchev–Trinajstić information content (AvgIpc) is 2.12. The van der Waals surface area contributed by atoms with E-state index in [4.69, 9.17) is 0 Å². The molecular weight excluding hydrogens is 176 g/mol. The van der Waals surface area contributed by atoms with Gasteiger partial charge in [0, 0.05) is 6.42 Å². The first kappa shape index (κ1) is 10.8. The van der Waals surface area contributed by atoms with Crippen LogP contribution < -0.4 is 0 Å². The zero-order valence-electron chi connectivity index (χ0n) is 8.49. The molecule has 0 atom stereocenters. The minimum atomic E-state index is 0.251. The zero-order valence-corrected chi connectivity index (χ0v) is 8.49. The molecule has 1 N–H and O–H groups in total. The number of hydrogen-bond donors (Lipinski definition) is 1. The Morgan fingerprint density at radius 3 is 2.79 bits per heavy atom. The van der Waals surface area contributed by atoms with Crippen molar-refractivity contribution >= 4 is 5.78 Å². The number of ketones is 1. The van der Waals surface area contributed by atoms with Crippen molar-refractivity contribution in [2.75, 3.05) is 0 Å². The van der Waals surface area contributed by atoms with Gasteiger partial charge in [-0.3, -0.25) is 0 Å². The number of rotatable bonds is 5. The number of aryl methyl sites for hydroxylation is 1. The van der Waals surface area contributed by atoms with Crippen molar-refractivity contribution in [3.05, 3.63) is 29.8 Å². The fourth-order valence-corrected chi connectivity index (χ4v) is 1.42. The molecule has 2 heteroatoms. The lowest BCUT2D eigenvalue weighted by atomic mass is 10.1. The first-order chi connectivity index (χ1) is 6.68. The second-order valence-electron chi connectivity index (χ2n) is 3.58. The predicted molar refractivity (Wildman–Crippen MR) is 56.3 cm³/mol. The first-order valence-corrected chi connectivity index (χ1v) is 4.96. The van der Waals surface area contributed by atoms with E-state index in [1.807, 2.05) is 12.1 Å². The molecule has 0 fully saturated rings. The Morgan fingerprint density at radius 2 is 2.14 bits per heavy atom. The molecule has 0 unspecified atom stereocenters. The number of hydrogen-bond acceptors (Lipinski definition) is 2. The maximum Gasteiger partial charge on any atom is 0.129 e. The summed E-state index contributed by atoms with van der Waals surface area (Å²) in [5, 5.41) is 9.20. The van der Waals surface area contributed by atoms with E-state index >= 15 is 0 Å². The number of Topliss-reactive ketones (excluding diaryl/α,β-unsaturated/α-hetero) is 1. The number of carbonyl (C=O) groups is 1. The summed E-state index contributed by atoms with van der Waals surface area (Å²) in [6.45, 7) is 1.62. The summed E-state index contributed by atoms with van der Waals surface area (Å²) in [6.07, 6.45) is 3.54. The molecule has 1 rings (SSSR count). The highest BCUT2D eigenvalue weighted by Crippen LogP contribution is 2.13. The molecule has 0 aromatic heterocycles. The van der Waals surface area contributed by atoms with Gasteiger partial charge in [-0.2, -0.15) is 0 Å². The summed E-state index contributed by atoms with van der Waals surface area (Å²) in [6, 6.07) is 7.27. The first-order valence-electron chi connectivity index (χ1n) is 4.96. The molecular formula is C12H16O2. The van der Waals surface area contributed by atoms with Gasteiger partial charge in [0.05, 0.1) is 0 Å². The molecule has 1 aromatic carbocycles. The molecule has 0 heterocycles. The van der Waals surface area contributed by atoms with Crippen molar-refractivity contribution in [3.63, 3.8) is 0 Å². The van der Waals surface area contributed by atoms with Gasteiger partial charge in [-0.15, -0.1) is 0 Å². The van der Waals surface area contributed by atoms with Crippen LogP contribution in [0.25, 0.3) is 0 Å². The van der Waals surface area contributed by atoms with Crippen LogP contribution in [0.15, 0.2) is 24.3 Å². The SMILES string of the molecule is CC(=O)CCCCc1cccc(O)c1. The van der Waals surface area contributed by atoms with Crippen molar-refractivity contribution < 1.29 is 9.90 Å². The van der Waals surface area contributed by atoms with Crippen LogP contribution in [0.1, 0.15) is 31.7 Å². The van der Waals surface area contributed by atoms with Crippen LogP contribution >= 0.6 is 0 Å². The highest BCUT2D eigenvalue weighted by molar-refractivity contribution is 5.75. The monoisotopic (exact) mass is 192 g/mol. The van der Waals surface area contributed by atoms with Gasteiger partial charge in [0.2, 0.25) is 0 Å². The maximum absolute atomic E-state index is 10.7. The van der Waals surface area contributed by atoms with Crippen LogP contribution in [0.2, 0.25) is 0 Å². The minimum absolute atomic E-state index is 0.251. The number of benzene rings is 1. The molecule has 1 aromatic rings. The Balaban J connectivity index is 2.28. The molecule has 0 radical (unpaired) electrons. The second-order valence-corrected chi connectivity index (χ2v) is 3.58. The third-order valence-corrected chi connectivity index (χ3v) is 2.15. The molecule has 0 saturated carbocycles. The van der Waals surface area contributed by atoms with E-state index in [9.17, 15) is 9.90 Å². The predicted octanol–water partition coefficient (Wildman–Crippen LogP) is 2.69. The Morgan fingerprint density at radius 1 is 1.36 bits per heavy atom. The highest BCUT2D eigenvalue weighted by Gasteiger charge is 1.96. The normalized spacial score (nSPS) is 10.1. The van der Waals surface area contributed by atoms with Crippen molar-refractivity contribution in [2.45, 2.75) is 32.6 Å². The molecule has 0 saturated heterocycles. The van der Waals surface area contributed by atoms with Gasteiger partial charge in [-0.1, -0.05) is 12.1 Å². The zero-order chi connectivity index (χ0) is 10.4. The summed E-state index contributed by atoms with van der Waals surface area (Å²) < 4.78 is 0. The van der Waals surface area contributed by atoms with E-state index in [1.54, 1.807) is 19.1 Å². The van der Waals surface area contributed by atoms with Gasteiger partial charge in [0.1, 0.15) is 11.5 Å². The fraction of sp³-hybridized carbons (Fsp3) is 0.417. The van der Waals surface area contributed by atoms with E-state index in [2.05, 4.69) is 0 Å². The molecule has 0 amide bonds. The Hall–Kier alpha value is -1.31. The largest absolute Gasteiger partial charge is 0.508 e. The van der Waals surface area contributed by atoms with E-state index in [0.29, 0.717) is 12.2 Å². The van der Waals surface area contributed by atoms with Gasteiger partial charge < -0.3 is 9.90 Å². The van der Waals surface area contributed by atoms with Gasteiger partial charge >= 0.3 is 0 Å². The number of phenols is 1. The maximum atomic E-state index is 10.7. The van der Waals surface area contributed by atoms with Gasteiger partial charge in [0.25, 0.3) is 0 Å². The lowest BCUT2D eigenvalue weighted by Gasteiger charge is -2.01. The lowest BCUT2D eigenvalue weighted by molar-refractivity contribution is -0.117. The van der Waals surface area contributed by atoms with Crippen molar-refractivity contribution in [3.8, 4) is 5.75 Å². The number of unbranched alkanes of at least 4 members (excludes halogenated alkanes) is 1. The van der Waals surface area contributed by atoms with Crippen LogP contribution in [-0.4, -0.2) is 10.9 Å². The number of carbonyl (C=O) groups excluding carboxylic acids is 1. The third-order valence-electron chi connectivity index (χ3n) is 2.15. The minimum Gasteiger partial charge on any atom is -0.508 e. The Labute approximate surface area is 84.6 Å². The highest BCUT2D eigenvalue weighted by atomic mass is 16.3. The van der Waals surface area contributed by atoms with Gasteiger partial charge in [0.15, 0.2) is 0 Å². The summed E-state index contributed by atoms with van der Waals surface area (Å²) in [7, 11) is 0. The third kappa shape index (κ3) is 4.08. The Kier molecular flexibility index (Phi) is 4.17. The van der Waals surface area contributed by atoms with E-state index in [-0.39, 0.29) is 5.78 Å². The molecule has 0 spiro atoms. The second kappa shape index (κ2) is 5.43. The number of aromatic hydroxyl groups is 1. The summed E-state index contributed by atoms with van der Waals surface area (Å²) in [4.78, 5) is 10.7. The van der Waals surface area contributed by atoms with Crippen LogP contribution in [0.3, 0.4) is 0 Å². The van der Waals surface area contributed by atoms with Crippen molar-refractivity contribution in [1.29, 1.82) is 0 Å². The van der Waals surface area contributed by atoms with E-state index in [0.717, 1.165) is 24.8 Å². The molecule has 0 aliphatic carbocycles. The molecule has 0 bridgehead atoms. The Bertz CT molecular complexity index is 305. The molecule has 0 aliphatic rings. The molecule has 2 nitrogen and oxygen atoms in total. The van der Waals surface area contributed by atoms with Crippen LogP contribution in [0, 0.1) is 0 Å². The fourth-order valence-electron chi connectivity index (χ4n) is 1.42. The van der Waals surface area contributed by atoms with Gasteiger partial charge in [-0.05, 0) is 43.9 Å². The van der Waals surface area contributed by atoms with Gasteiger partial charge in [-0.25, -0.2) is 0 Å². The van der Waals surface area contributed by atoms with Crippen molar-refractivity contribution in [2.24, 2.45) is 0 Å². The average molecular weight is 192 g/mol. The molecule has 0 aliphatic heterocycles. The summed E-state index contributed by atoms with van der Waals surface area (Å²) in [5.74, 6) is 0.565. The smallest absolute Gasteiger partial charge is 0.129 e. The van der Waals surface area contributed by atoms with Crippen LogP contribution in [0.4, 0.5) is 0 Å². The van der Waals surface area contributed by atoms with Crippen LogP contribution in [-0.2, 0) is 11.2 Å². The summed E-state index contributed by atoms with van der Waals surface area (Å²) >= 11 is 0.